The fraction of sp³-hybridized carbons (Fsp3) is 0.375. The Morgan fingerprint density at radius 2 is 1.91 bits per heavy atom. The lowest BCUT2D eigenvalue weighted by atomic mass is 9.78. The average Bonchev–Trinajstić information content (AvgIpc) is 2.43. The minimum Gasteiger partial charge on any atom is -0.318 e. The first kappa shape index (κ1) is 14.4. The van der Waals surface area contributed by atoms with Crippen LogP contribution in [0, 0.1) is 12.8 Å². The molecule has 1 aromatic heterocycles. The lowest BCUT2D eigenvalue weighted by molar-refractivity contribution is -0.130. The van der Waals surface area contributed by atoms with Crippen LogP contribution in [0.25, 0.3) is 0 Å². The molecular formula is C16H16N2O4. The second kappa shape index (κ2) is 4.76. The quantitative estimate of drug-likeness (QED) is 0.844. The monoisotopic (exact) mass is 300 g/mol. The summed E-state index contributed by atoms with van der Waals surface area (Å²) in [5.74, 6) is -1.20. The van der Waals surface area contributed by atoms with E-state index < -0.39 is 11.3 Å². The highest BCUT2D eigenvalue weighted by atomic mass is 16.2. The second-order valence-electron chi connectivity index (χ2n) is 5.73. The van der Waals surface area contributed by atoms with E-state index in [9.17, 15) is 19.2 Å². The summed E-state index contributed by atoms with van der Waals surface area (Å²) < 4.78 is 0. The number of Topliss-reactive ketones (excluding diaryl/α,β-unsaturated/α-hetero) is 2. The lowest BCUT2D eigenvalue weighted by Gasteiger charge is -2.35. The molecule has 1 aliphatic heterocycles. The van der Waals surface area contributed by atoms with E-state index in [0.29, 0.717) is 17.7 Å². The molecule has 1 N–H and O–H groups in total. The normalized spacial score (nSPS) is 21.1. The molecule has 1 atom stereocenters. The number of pyridine rings is 1. The zero-order chi connectivity index (χ0) is 16.2. The molecule has 0 bridgehead atoms. The van der Waals surface area contributed by atoms with Crippen LogP contribution in [0.2, 0.25) is 0 Å². The van der Waals surface area contributed by atoms with E-state index in [1.807, 2.05) is 0 Å². The number of fused-ring (bicyclic) bond motifs is 1. The summed E-state index contributed by atoms with van der Waals surface area (Å²) in [7, 11) is 0. The smallest absolute Gasteiger partial charge is 0.248 e. The zero-order valence-corrected chi connectivity index (χ0v) is 12.6. The fourth-order valence-corrected chi connectivity index (χ4v) is 3.29. The van der Waals surface area contributed by atoms with Crippen molar-refractivity contribution in [3.05, 3.63) is 44.5 Å². The Bertz CT molecular complexity index is 816. The lowest BCUT2D eigenvalue weighted by Crippen LogP contribution is -2.44. The maximum Gasteiger partial charge on any atom is 0.248 e. The molecular weight excluding hydrogens is 284 g/mol. The predicted molar refractivity (Wildman–Crippen MR) is 78.7 cm³/mol. The van der Waals surface area contributed by atoms with Crippen LogP contribution < -0.4 is 5.56 Å². The molecule has 6 heteroatoms. The van der Waals surface area contributed by atoms with Crippen LogP contribution in [-0.4, -0.2) is 33.9 Å². The van der Waals surface area contributed by atoms with Crippen molar-refractivity contribution in [2.24, 2.45) is 5.92 Å². The Balaban J connectivity index is 2.33. The molecule has 22 heavy (non-hydrogen) atoms. The van der Waals surface area contributed by atoms with Gasteiger partial charge in [-0.3, -0.25) is 19.2 Å². The molecule has 1 aliphatic carbocycles. The molecule has 0 spiro atoms. The molecule has 2 aliphatic rings. The van der Waals surface area contributed by atoms with E-state index >= 15 is 0 Å². The number of hydrogen-bond acceptors (Lipinski definition) is 4. The van der Waals surface area contributed by atoms with Crippen molar-refractivity contribution in [3.63, 3.8) is 0 Å². The summed E-state index contributed by atoms with van der Waals surface area (Å²) >= 11 is 0. The van der Waals surface area contributed by atoms with Crippen LogP contribution in [0.3, 0.4) is 0 Å². The maximum absolute atomic E-state index is 12.8. The summed E-state index contributed by atoms with van der Waals surface area (Å²) in [6, 6.07) is 1.31. The molecule has 0 saturated carbocycles. The van der Waals surface area contributed by atoms with Crippen molar-refractivity contribution < 1.29 is 14.4 Å². The van der Waals surface area contributed by atoms with E-state index in [2.05, 4.69) is 4.98 Å². The van der Waals surface area contributed by atoms with Gasteiger partial charge in [-0.15, -0.1) is 0 Å². The Kier molecular flexibility index (Phi) is 3.12. The number of rotatable bonds is 1. The second-order valence-corrected chi connectivity index (χ2v) is 5.73. The van der Waals surface area contributed by atoms with Gasteiger partial charge in [0.05, 0.1) is 5.56 Å². The molecule has 1 unspecified atom stereocenters. The fourth-order valence-electron chi connectivity index (χ4n) is 3.29. The standard InChI is InChI=1S/C16H16N2O4/c1-4-18-10(20)6-8(3)12-14(18)16(22)13-11(15(12)21)7(2)5-9(19)17-13/h5,8H,4,6H2,1-3H3,(H,17,19). The Hall–Kier alpha value is -2.50. The van der Waals surface area contributed by atoms with Crippen LogP contribution in [0.5, 0.6) is 0 Å². The highest BCUT2D eigenvalue weighted by Gasteiger charge is 2.43. The van der Waals surface area contributed by atoms with Gasteiger partial charge in [0.2, 0.25) is 17.2 Å². The van der Waals surface area contributed by atoms with Gasteiger partial charge >= 0.3 is 0 Å². The molecule has 0 aromatic carbocycles. The van der Waals surface area contributed by atoms with Crippen molar-refractivity contribution in [2.45, 2.75) is 27.2 Å². The van der Waals surface area contributed by atoms with Crippen LogP contribution in [0.15, 0.2) is 22.1 Å². The van der Waals surface area contributed by atoms with E-state index in [0.717, 1.165) is 0 Å². The molecule has 0 fully saturated rings. The van der Waals surface area contributed by atoms with Crippen LogP contribution >= 0.6 is 0 Å². The van der Waals surface area contributed by atoms with E-state index in [-0.39, 0.29) is 41.0 Å². The van der Waals surface area contributed by atoms with Crippen molar-refractivity contribution >= 4 is 17.5 Å². The summed E-state index contributed by atoms with van der Waals surface area (Å²) in [6.07, 6.45) is 0.212. The summed E-state index contributed by atoms with van der Waals surface area (Å²) in [5.41, 5.74) is 0.810. The van der Waals surface area contributed by atoms with Crippen LogP contribution in [0.1, 0.15) is 46.7 Å². The van der Waals surface area contributed by atoms with Crippen molar-refractivity contribution in [1.29, 1.82) is 0 Å². The summed E-state index contributed by atoms with van der Waals surface area (Å²) in [6.45, 7) is 5.48. The Morgan fingerprint density at radius 1 is 1.23 bits per heavy atom. The third kappa shape index (κ3) is 1.80. The first-order valence-electron chi connectivity index (χ1n) is 7.24. The van der Waals surface area contributed by atoms with Gasteiger partial charge in [-0.2, -0.15) is 0 Å². The van der Waals surface area contributed by atoms with Gasteiger partial charge in [0, 0.05) is 24.6 Å². The SMILES string of the molecule is CCN1C(=O)CC(C)C2=C1C(=O)c1[nH]c(=O)cc(C)c1C2=O. The van der Waals surface area contributed by atoms with E-state index in [1.54, 1.807) is 20.8 Å². The van der Waals surface area contributed by atoms with Crippen LogP contribution in [0.4, 0.5) is 0 Å². The Morgan fingerprint density at radius 3 is 2.55 bits per heavy atom. The van der Waals surface area contributed by atoms with Crippen molar-refractivity contribution in [2.75, 3.05) is 6.54 Å². The molecule has 0 saturated heterocycles. The van der Waals surface area contributed by atoms with E-state index in [4.69, 9.17) is 0 Å². The number of carbonyl (C=O) groups excluding carboxylic acids is 3. The van der Waals surface area contributed by atoms with Gasteiger partial charge in [0.15, 0.2) is 5.78 Å². The summed E-state index contributed by atoms with van der Waals surface area (Å²) in [5, 5.41) is 0. The number of carbonyl (C=O) groups is 3. The molecule has 1 amide bonds. The van der Waals surface area contributed by atoms with E-state index in [1.165, 1.54) is 11.0 Å². The number of aromatic nitrogens is 1. The molecule has 1 aromatic rings. The van der Waals surface area contributed by atoms with Crippen LogP contribution in [-0.2, 0) is 4.79 Å². The maximum atomic E-state index is 12.8. The van der Waals surface area contributed by atoms with Gasteiger partial charge in [-0.25, -0.2) is 0 Å². The number of nitrogens with one attached hydrogen (secondary N) is 1. The van der Waals surface area contributed by atoms with Crippen molar-refractivity contribution in [3.8, 4) is 0 Å². The van der Waals surface area contributed by atoms with Crippen molar-refractivity contribution in [1.82, 2.24) is 9.88 Å². The molecule has 0 radical (unpaired) electrons. The number of allylic oxidation sites excluding steroid dienone is 2. The zero-order valence-electron chi connectivity index (χ0n) is 12.6. The molecule has 3 rings (SSSR count). The number of aromatic amines is 1. The number of likely N-dealkylation sites (N-methyl/N-ethyl adjacent to an activating group) is 1. The minimum absolute atomic E-state index is 0.00546. The third-order valence-corrected chi connectivity index (χ3v) is 4.27. The first-order chi connectivity index (χ1) is 10.4. The summed E-state index contributed by atoms with van der Waals surface area (Å²) in [4.78, 5) is 53.2. The highest BCUT2D eigenvalue weighted by Crippen LogP contribution is 2.37. The van der Waals surface area contributed by atoms with Gasteiger partial charge in [-0.05, 0) is 25.3 Å². The molecule has 2 heterocycles. The largest absolute Gasteiger partial charge is 0.318 e. The Labute approximate surface area is 126 Å². The average molecular weight is 300 g/mol. The third-order valence-electron chi connectivity index (χ3n) is 4.27. The molecule has 114 valence electrons. The topological polar surface area (TPSA) is 87.3 Å². The predicted octanol–water partition coefficient (Wildman–Crippen LogP) is 1.20. The van der Waals surface area contributed by atoms with Gasteiger partial charge < -0.3 is 9.88 Å². The first-order valence-corrected chi connectivity index (χ1v) is 7.24. The van der Waals surface area contributed by atoms with Gasteiger partial charge in [-0.1, -0.05) is 6.92 Å². The molecule has 6 nitrogen and oxygen atoms in total. The number of aryl methyl sites for hydroxylation is 1. The number of nitrogens with zero attached hydrogens (tertiary/aromatic N) is 1. The minimum atomic E-state index is -0.452. The van der Waals surface area contributed by atoms with Gasteiger partial charge in [0.1, 0.15) is 11.4 Å². The number of hydrogen-bond donors (Lipinski definition) is 1. The number of amides is 1. The van der Waals surface area contributed by atoms with Gasteiger partial charge in [0.25, 0.3) is 0 Å². The number of ketones is 2. The number of H-pyrrole nitrogens is 1. The highest BCUT2D eigenvalue weighted by molar-refractivity contribution is 6.28.